The van der Waals surface area contributed by atoms with Gasteiger partial charge < -0.3 is 0 Å². The molecule has 0 aromatic heterocycles. The van der Waals surface area contributed by atoms with Crippen molar-refractivity contribution < 1.29 is 0 Å². The molecule has 2 rings (SSSR count). The van der Waals surface area contributed by atoms with E-state index in [0.717, 1.165) is 20.5 Å². The van der Waals surface area contributed by atoms with E-state index in [2.05, 4.69) is 34.6 Å². The van der Waals surface area contributed by atoms with Gasteiger partial charge in [0, 0.05) is 25.5 Å². The first-order chi connectivity index (χ1) is 8.15. The number of benzene rings is 2. The van der Waals surface area contributed by atoms with Crippen LogP contribution in [-0.2, 0) is 0 Å². The second-order valence-electron chi connectivity index (χ2n) is 3.41. The Labute approximate surface area is 119 Å². The molecule has 0 spiro atoms. The molecule has 2 aromatic rings. The van der Waals surface area contributed by atoms with Gasteiger partial charge in [0.25, 0.3) is 0 Å². The van der Waals surface area contributed by atoms with Gasteiger partial charge in [-0.05, 0) is 34.1 Å². The van der Waals surface area contributed by atoms with E-state index in [9.17, 15) is 0 Å². The van der Waals surface area contributed by atoms with Gasteiger partial charge in [0.05, 0.1) is 11.6 Å². The lowest BCUT2D eigenvalue weighted by Gasteiger charge is -2.10. The Kier molecular flexibility index (Phi) is 3.78. The van der Waals surface area contributed by atoms with Crippen LogP contribution in [0.2, 0.25) is 5.02 Å². The van der Waals surface area contributed by atoms with Crippen molar-refractivity contribution in [3.05, 3.63) is 51.5 Å². The third kappa shape index (κ3) is 2.35. The van der Waals surface area contributed by atoms with Crippen molar-refractivity contribution in [1.29, 1.82) is 5.26 Å². The van der Waals surface area contributed by atoms with Crippen molar-refractivity contribution >= 4 is 40.2 Å². The first kappa shape index (κ1) is 12.5. The monoisotopic (exact) mass is 323 g/mol. The Bertz CT molecular complexity index is 619. The predicted molar refractivity (Wildman–Crippen MR) is 76.6 cm³/mol. The summed E-state index contributed by atoms with van der Waals surface area (Å²) in [7, 11) is 0. The second-order valence-corrected chi connectivity index (χ2v) is 5.12. The topological polar surface area (TPSA) is 23.8 Å². The molecule has 0 heterocycles. The maximum Gasteiger partial charge on any atom is 0.0998 e. The van der Waals surface area contributed by atoms with Crippen LogP contribution in [0.5, 0.6) is 0 Å². The highest BCUT2D eigenvalue weighted by atomic mass is 79.9. The fraction of sp³-hybridized carbons (Fsp3) is 0. The van der Waals surface area contributed by atoms with Gasteiger partial charge in [-0.1, -0.05) is 29.8 Å². The van der Waals surface area contributed by atoms with Gasteiger partial charge in [0.1, 0.15) is 0 Å². The fourth-order valence-corrected chi connectivity index (χ4v) is 2.47. The normalized spacial score (nSPS) is 10.0. The Hall–Kier alpha value is -0.950. The largest absolute Gasteiger partial charge is 0.192 e. The van der Waals surface area contributed by atoms with Crippen LogP contribution in [0.25, 0.3) is 11.1 Å². The summed E-state index contributed by atoms with van der Waals surface area (Å²) in [6.45, 7) is 0. The van der Waals surface area contributed by atoms with E-state index in [1.54, 1.807) is 18.2 Å². The lowest BCUT2D eigenvalue weighted by Crippen LogP contribution is -1.88. The standard InChI is InChI=1S/C13H7BrClNS/c14-10-6-5-8(7-16)12(13(10)17)9-3-1-2-4-11(9)15/h1-6,17H. The molecule has 0 unspecified atom stereocenters. The third-order valence-electron chi connectivity index (χ3n) is 2.39. The van der Waals surface area contributed by atoms with E-state index < -0.39 is 0 Å². The molecule has 4 heteroatoms. The molecular weight excluding hydrogens is 318 g/mol. The Morgan fingerprint density at radius 1 is 1.18 bits per heavy atom. The van der Waals surface area contributed by atoms with Crippen LogP contribution in [0.3, 0.4) is 0 Å². The quantitative estimate of drug-likeness (QED) is 0.739. The molecule has 0 saturated heterocycles. The number of nitrogens with zero attached hydrogens (tertiary/aromatic N) is 1. The molecular formula is C13H7BrClNS. The highest BCUT2D eigenvalue weighted by Gasteiger charge is 2.13. The second kappa shape index (κ2) is 5.14. The molecule has 0 aliphatic carbocycles. The SMILES string of the molecule is N#Cc1ccc(Br)c(S)c1-c1ccccc1Cl. The van der Waals surface area contributed by atoms with Gasteiger partial charge in [-0.15, -0.1) is 12.6 Å². The van der Waals surface area contributed by atoms with Crippen LogP contribution in [0.4, 0.5) is 0 Å². The molecule has 1 nitrogen and oxygen atoms in total. The van der Waals surface area contributed by atoms with Gasteiger partial charge >= 0.3 is 0 Å². The highest BCUT2D eigenvalue weighted by molar-refractivity contribution is 9.10. The van der Waals surface area contributed by atoms with Crippen molar-refractivity contribution in [2.45, 2.75) is 4.90 Å². The third-order valence-corrected chi connectivity index (χ3v) is 4.15. The first-order valence-electron chi connectivity index (χ1n) is 4.81. The molecule has 0 aliphatic rings. The number of hydrogen-bond acceptors (Lipinski definition) is 2. The van der Waals surface area contributed by atoms with Crippen LogP contribution >= 0.6 is 40.2 Å². The number of hydrogen-bond donors (Lipinski definition) is 1. The van der Waals surface area contributed by atoms with Crippen molar-refractivity contribution in [3.8, 4) is 17.2 Å². The predicted octanol–water partition coefficient (Wildman–Crippen LogP) is 4.93. The summed E-state index contributed by atoms with van der Waals surface area (Å²) < 4.78 is 0.842. The van der Waals surface area contributed by atoms with Crippen LogP contribution in [0.15, 0.2) is 45.8 Å². The van der Waals surface area contributed by atoms with Crippen molar-refractivity contribution in [3.63, 3.8) is 0 Å². The summed E-state index contributed by atoms with van der Waals surface area (Å²) in [5.74, 6) is 0. The van der Waals surface area contributed by atoms with E-state index in [1.807, 2.05) is 18.2 Å². The molecule has 84 valence electrons. The van der Waals surface area contributed by atoms with Gasteiger partial charge in [0.2, 0.25) is 0 Å². The van der Waals surface area contributed by atoms with Gasteiger partial charge in [0.15, 0.2) is 0 Å². The summed E-state index contributed by atoms with van der Waals surface area (Å²) in [6.07, 6.45) is 0. The highest BCUT2D eigenvalue weighted by Crippen LogP contribution is 2.38. The number of rotatable bonds is 1. The average Bonchev–Trinajstić information content (AvgIpc) is 2.34. The molecule has 0 bridgehead atoms. The zero-order chi connectivity index (χ0) is 12.4. The van der Waals surface area contributed by atoms with Crippen molar-refractivity contribution in [1.82, 2.24) is 0 Å². The van der Waals surface area contributed by atoms with Crippen molar-refractivity contribution in [2.75, 3.05) is 0 Å². The van der Waals surface area contributed by atoms with Crippen LogP contribution in [0, 0.1) is 11.3 Å². The van der Waals surface area contributed by atoms with E-state index in [4.69, 9.17) is 16.9 Å². The first-order valence-corrected chi connectivity index (χ1v) is 6.43. The summed E-state index contributed by atoms with van der Waals surface area (Å²) >= 11 is 14.0. The maximum absolute atomic E-state index is 9.14. The smallest absolute Gasteiger partial charge is 0.0998 e. The molecule has 2 aromatic carbocycles. The lowest BCUT2D eigenvalue weighted by molar-refractivity contribution is 1.37. The zero-order valence-electron chi connectivity index (χ0n) is 8.61. The number of thiol groups is 1. The average molecular weight is 325 g/mol. The molecule has 0 radical (unpaired) electrons. The zero-order valence-corrected chi connectivity index (χ0v) is 11.9. The molecule has 0 saturated carbocycles. The fourth-order valence-electron chi connectivity index (χ4n) is 1.60. The molecule has 0 N–H and O–H groups in total. The van der Waals surface area contributed by atoms with Gasteiger partial charge in [-0.25, -0.2) is 0 Å². The molecule has 0 atom stereocenters. The van der Waals surface area contributed by atoms with E-state index in [1.165, 1.54) is 0 Å². The lowest BCUT2D eigenvalue weighted by atomic mass is 10.0. The minimum Gasteiger partial charge on any atom is -0.192 e. The molecule has 17 heavy (non-hydrogen) atoms. The Morgan fingerprint density at radius 3 is 2.53 bits per heavy atom. The molecule has 0 fully saturated rings. The summed E-state index contributed by atoms with van der Waals surface area (Å²) in [5.41, 5.74) is 2.14. The van der Waals surface area contributed by atoms with E-state index >= 15 is 0 Å². The Morgan fingerprint density at radius 2 is 1.88 bits per heavy atom. The van der Waals surface area contributed by atoms with E-state index in [0.29, 0.717) is 10.6 Å². The Balaban J connectivity index is 2.80. The van der Waals surface area contributed by atoms with Crippen LogP contribution in [-0.4, -0.2) is 0 Å². The van der Waals surface area contributed by atoms with Crippen LogP contribution < -0.4 is 0 Å². The molecule has 0 amide bonds. The number of halogens is 2. The van der Waals surface area contributed by atoms with Crippen LogP contribution in [0.1, 0.15) is 5.56 Å². The summed E-state index contributed by atoms with van der Waals surface area (Å²) in [4.78, 5) is 0.720. The maximum atomic E-state index is 9.14. The minimum absolute atomic E-state index is 0.561. The van der Waals surface area contributed by atoms with Gasteiger partial charge in [-0.3, -0.25) is 0 Å². The summed E-state index contributed by atoms with van der Waals surface area (Å²) in [6, 6.07) is 13.1. The van der Waals surface area contributed by atoms with E-state index in [-0.39, 0.29) is 0 Å². The molecule has 0 aliphatic heterocycles. The van der Waals surface area contributed by atoms with Crippen molar-refractivity contribution in [2.24, 2.45) is 0 Å². The summed E-state index contributed by atoms with van der Waals surface area (Å²) in [5, 5.41) is 9.75. The van der Waals surface area contributed by atoms with Gasteiger partial charge in [-0.2, -0.15) is 5.26 Å². The minimum atomic E-state index is 0.561. The number of nitriles is 1.